The summed E-state index contributed by atoms with van der Waals surface area (Å²) < 4.78 is 0. The maximum atomic E-state index is 5.76. The number of thiophene rings is 2. The Labute approximate surface area is 231 Å². The largest absolute Gasteiger partial charge is 0.338 e. The van der Waals surface area contributed by atoms with Gasteiger partial charge in [0.25, 0.3) is 0 Å². The minimum atomic E-state index is 0.583. The first-order valence-electron chi connectivity index (χ1n) is 12.3. The van der Waals surface area contributed by atoms with Crippen LogP contribution >= 0.6 is 34.3 Å². The highest BCUT2D eigenvalue weighted by Gasteiger charge is 2.18. The van der Waals surface area contributed by atoms with E-state index in [1.807, 2.05) is 30.6 Å². The molecule has 188 valence electrons. The smallest absolute Gasteiger partial charge is 0.225 e. The maximum absolute atomic E-state index is 5.76. The summed E-state index contributed by atoms with van der Waals surface area (Å²) in [4.78, 5) is 16.1. The molecule has 1 aliphatic heterocycles. The monoisotopic (exact) mass is 544 g/mol. The third-order valence-corrected chi connectivity index (χ3v) is 8.38. The first-order chi connectivity index (χ1) is 18.3. The number of hydrogen-bond donors (Lipinski definition) is 0. The van der Waals surface area contributed by atoms with E-state index >= 15 is 0 Å². The fourth-order valence-corrected chi connectivity index (χ4v) is 5.95. The molecular formula is C30H29ClN4S2. The molecule has 0 atom stereocenters. The van der Waals surface area contributed by atoms with Crippen LogP contribution < -0.4 is 4.90 Å². The number of hydrogen-bond acceptors (Lipinski definition) is 6. The fourth-order valence-electron chi connectivity index (χ4n) is 4.34. The Morgan fingerprint density at radius 3 is 1.84 bits per heavy atom. The van der Waals surface area contributed by atoms with Crippen molar-refractivity contribution in [1.82, 2.24) is 14.9 Å². The summed E-state index contributed by atoms with van der Waals surface area (Å²) in [6, 6.07) is 27.6. The second kappa shape index (κ2) is 13.0. The summed E-state index contributed by atoms with van der Waals surface area (Å²) in [5.74, 6) is 1.43. The molecule has 0 N–H and O–H groups in total. The SMILES string of the molecule is ClCc1cccc(-c2cccs2)c1.c1cnc(N2CCN(Cc3cccc(-c4cccs4)c3)CC2)nc1. The van der Waals surface area contributed by atoms with E-state index in [0.29, 0.717) is 5.88 Å². The van der Waals surface area contributed by atoms with Gasteiger partial charge in [-0.2, -0.15) is 0 Å². The lowest BCUT2D eigenvalue weighted by molar-refractivity contribution is 0.248. The summed E-state index contributed by atoms with van der Waals surface area (Å²) in [6.07, 6.45) is 3.62. The number of benzene rings is 2. The minimum absolute atomic E-state index is 0.583. The molecule has 0 bridgehead atoms. The first kappa shape index (κ1) is 25.6. The Morgan fingerprint density at radius 1 is 0.676 bits per heavy atom. The molecule has 2 aromatic carbocycles. The molecule has 0 spiro atoms. The van der Waals surface area contributed by atoms with E-state index < -0.39 is 0 Å². The molecule has 5 aromatic rings. The van der Waals surface area contributed by atoms with Gasteiger partial charge in [0.15, 0.2) is 0 Å². The third-order valence-electron chi connectivity index (χ3n) is 6.23. The lowest BCUT2D eigenvalue weighted by Gasteiger charge is -2.34. The van der Waals surface area contributed by atoms with E-state index in [2.05, 4.69) is 91.2 Å². The molecule has 1 aliphatic rings. The van der Waals surface area contributed by atoms with Crippen molar-refractivity contribution in [2.45, 2.75) is 12.4 Å². The van der Waals surface area contributed by atoms with Crippen LogP contribution in [0, 0.1) is 0 Å². The molecule has 37 heavy (non-hydrogen) atoms. The number of halogens is 1. The van der Waals surface area contributed by atoms with Crippen LogP contribution in [0.5, 0.6) is 0 Å². The highest BCUT2D eigenvalue weighted by Crippen LogP contribution is 2.26. The molecule has 0 aliphatic carbocycles. The topological polar surface area (TPSA) is 32.3 Å². The summed E-state index contributed by atoms with van der Waals surface area (Å²) in [6.45, 7) is 5.05. The molecule has 0 saturated carbocycles. The molecule has 0 radical (unpaired) electrons. The van der Waals surface area contributed by atoms with Gasteiger partial charge >= 0.3 is 0 Å². The standard InChI is InChI=1S/C19H20N4S.C11H9ClS/c1-4-16(14-17(5-1)18-6-2-13-24-18)15-22-9-11-23(12-10-22)19-20-7-3-8-21-19;12-8-9-3-1-4-10(7-9)11-5-2-6-13-11/h1-8,13-14H,9-12,15H2;1-7H,8H2. The predicted octanol–water partition coefficient (Wildman–Crippen LogP) is 7.68. The van der Waals surface area contributed by atoms with Gasteiger partial charge in [-0.3, -0.25) is 4.90 Å². The molecule has 0 unspecified atom stereocenters. The predicted molar refractivity (Wildman–Crippen MR) is 159 cm³/mol. The number of piperazine rings is 1. The zero-order valence-corrected chi connectivity index (χ0v) is 22.9. The molecule has 0 amide bonds. The van der Waals surface area contributed by atoms with Gasteiger partial charge in [0, 0.05) is 60.8 Å². The van der Waals surface area contributed by atoms with Gasteiger partial charge < -0.3 is 4.90 Å². The first-order valence-corrected chi connectivity index (χ1v) is 14.6. The van der Waals surface area contributed by atoms with Gasteiger partial charge in [-0.05, 0) is 63.3 Å². The summed E-state index contributed by atoms with van der Waals surface area (Å²) in [7, 11) is 0. The molecular weight excluding hydrogens is 516 g/mol. The lowest BCUT2D eigenvalue weighted by Crippen LogP contribution is -2.46. The van der Waals surface area contributed by atoms with E-state index in [9.17, 15) is 0 Å². The van der Waals surface area contributed by atoms with Crippen LogP contribution in [-0.2, 0) is 12.4 Å². The van der Waals surface area contributed by atoms with Crippen molar-refractivity contribution < 1.29 is 0 Å². The zero-order valence-electron chi connectivity index (χ0n) is 20.5. The summed E-state index contributed by atoms with van der Waals surface area (Å²) in [5, 5.41) is 4.22. The van der Waals surface area contributed by atoms with Gasteiger partial charge in [-0.25, -0.2) is 9.97 Å². The normalized spacial score (nSPS) is 13.7. The van der Waals surface area contributed by atoms with Gasteiger partial charge in [0.05, 0.1) is 0 Å². The minimum Gasteiger partial charge on any atom is -0.338 e. The Hall–Kier alpha value is -3.03. The molecule has 4 nitrogen and oxygen atoms in total. The average Bonchev–Trinajstić information content (AvgIpc) is 3.70. The van der Waals surface area contributed by atoms with Gasteiger partial charge in [0.2, 0.25) is 5.95 Å². The average molecular weight is 545 g/mol. The van der Waals surface area contributed by atoms with E-state index in [1.165, 1.54) is 32.0 Å². The van der Waals surface area contributed by atoms with Crippen molar-refractivity contribution in [3.63, 3.8) is 0 Å². The maximum Gasteiger partial charge on any atom is 0.225 e. The van der Waals surface area contributed by atoms with Crippen LogP contribution in [0.1, 0.15) is 11.1 Å². The van der Waals surface area contributed by atoms with Crippen molar-refractivity contribution in [2.75, 3.05) is 31.1 Å². The molecule has 6 rings (SSSR count). The van der Waals surface area contributed by atoms with E-state index in [0.717, 1.165) is 38.7 Å². The van der Waals surface area contributed by atoms with E-state index in [4.69, 9.17) is 11.6 Å². The summed E-state index contributed by atoms with van der Waals surface area (Å²) in [5.41, 5.74) is 5.13. The lowest BCUT2D eigenvalue weighted by atomic mass is 10.1. The van der Waals surface area contributed by atoms with Crippen molar-refractivity contribution in [1.29, 1.82) is 0 Å². The number of aromatic nitrogens is 2. The quantitative estimate of drug-likeness (QED) is 0.205. The van der Waals surface area contributed by atoms with Gasteiger partial charge in [-0.15, -0.1) is 34.3 Å². The highest BCUT2D eigenvalue weighted by atomic mass is 35.5. The summed E-state index contributed by atoms with van der Waals surface area (Å²) >= 11 is 9.31. The van der Waals surface area contributed by atoms with Gasteiger partial charge in [-0.1, -0.05) is 48.5 Å². The van der Waals surface area contributed by atoms with E-state index in [1.54, 1.807) is 22.7 Å². The van der Waals surface area contributed by atoms with Crippen LogP contribution in [0.4, 0.5) is 5.95 Å². The Morgan fingerprint density at radius 2 is 1.27 bits per heavy atom. The Bertz CT molecular complexity index is 1350. The van der Waals surface area contributed by atoms with Crippen molar-refractivity contribution in [3.8, 4) is 20.9 Å². The van der Waals surface area contributed by atoms with Crippen LogP contribution in [0.3, 0.4) is 0 Å². The van der Waals surface area contributed by atoms with Crippen LogP contribution in [-0.4, -0.2) is 41.0 Å². The fraction of sp³-hybridized carbons (Fsp3) is 0.200. The number of anilines is 1. The van der Waals surface area contributed by atoms with Crippen LogP contribution in [0.25, 0.3) is 20.9 Å². The molecule has 7 heteroatoms. The van der Waals surface area contributed by atoms with Crippen molar-refractivity contribution in [2.24, 2.45) is 0 Å². The zero-order chi connectivity index (χ0) is 25.3. The van der Waals surface area contributed by atoms with Crippen molar-refractivity contribution in [3.05, 3.63) is 113 Å². The second-order valence-corrected chi connectivity index (χ2v) is 11.0. The number of nitrogens with zero attached hydrogens (tertiary/aromatic N) is 4. The number of rotatable bonds is 6. The Balaban J connectivity index is 0.000000182. The molecule has 1 fully saturated rings. The highest BCUT2D eigenvalue weighted by molar-refractivity contribution is 7.13. The molecule has 4 heterocycles. The second-order valence-electron chi connectivity index (χ2n) is 8.80. The number of alkyl halides is 1. The van der Waals surface area contributed by atoms with Crippen LogP contribution in [0.2, 0.25) is 0 Å². The third kappa shape index (κ3) is 7.05. The van der Waals surface area contributed by atoms with E-state index in [-0.39, 0.29) is 0 Å². The molecule has 3 aromatic heterocycles. The van der Waals surface area contributed by atoms with Gasteiger partial charge in [0.1, 0.15) is 0 Å². The molecule has 1 saturated heterocycles. The van der Waals surface area contributed by atoms with Crippen molar-refractivity contribution >= 4 is 40.2 Å². The van der Waals surface area contributed by atoms with Crippen LogP contribution in [0.15, 0.2) is 102 Å². The Kier molecular flexibility index (Phi) is 8.98.